The van der Waals surface area contributed by atoms with Crippen LogP contribution in [0.1, 0.15) is 32.1 Å². The summed E-state index contributed by atoms with van der Waals surface area (Å²) in [6, 6.07) is -0.0733. The molecule has 1 aromatic rings. The number of aryl methyl sites for hydroxylation is 1. The molecule has 1 unspecified atom stereocenters. The van der Waals surface area contributed by atoms with E-state index in [9.17, 15) is 13.2 Å². The van der Waals surface area contributed by atoms with Crippen molar-refractivity contribution in [3.05, 3.63) is 5.82 Å². The zero-order valence-electron chi connectivity index (χ0n) is 10.2. The Morgan fingerprint density at radius 3 is 2.78 bits per heavy atom. The van der Waals surface area contributed by atoms with Crippen molar-refractivity contribution in [2.24, 2.45) is 0 Å². The van der Waals surface area contributed by atoms with E-state index in [2.05, 4.69) is 20.8 Å². The number of nitrogens with zero attached hydrogens (tertiary/aromatic N) is 4. The average molecular weight is 283 g/mol. The molecule has 0 spiro atoms. The molecular weight excluding hydrogens is 267 g/mol. The normalized spacial score (nSPS) is 13.8. The van der Waals surface area contributed by atoms with Gasteiger partial charge in [0.05, 0.1) is 12.6 Å². The van der Waals surface area contributed by atoms with Gasteiger partial charge in [0, 0.05) is 5.75 Å². The van der Waals surface area contributed by atoms with Crippen LogP contribution in [0.3, 0.4) is 0 Å². The first kappa shape index (κ1) is 15.2. The molecule has 104 valence electrons. The Morgan fingerprint density at radius 1 is 1.44 bits per heavy atom. The van der Waals surface area contributed by atoms with Gasteiger partial charge in [-0.15, -0.1) is 5.10 Å². The van der Waals surface area contributed by atoms with Crippen LogP contribution in [0.4, 0.5) is 13.2 Å². The standard InChI is InChI=1S/C9H16F3N5S/c1-3-4-13-7(2)8-14-15-16-17(8)5-6-18-9(10,11)12/h7,13H,3-6H2,1-2H3. The number of tetrazole rings is 1. The van der Waals surface area contributed by atoms with Crippen molar-refractivity contribution in [3.8, 4) is 0 Å². The lowest BCUT2D eigenvalue weighted by atomic mass is 10.3. The molecule has 5 nitrogen and oxygen atoms in total. The predicted octanol–water partition coefficient (Wildman–Crippen LogP) is 1.99. The highest BCUT2D eigenvalue weighted by Crippen LogP contribution is 2.30. The van der Waals surface area contributed by atoms with E-state index >= 15 is 0 Å². The molecule has 0 bridgehead atoms. The third-order valence-corrected chi connectivity index (χ3v) is 2.93. The van der Waals surface area contributed by atoms with E-state index in [0.29, 0.717) is 5.82 Å². The quantitative estimate of drug-likeness (QED) is 0.829. The van der Waals surface area contributed by atoms with E-state index in [-0.39, 0.29) is 30.1 Å². The number of nitrogens with one attached hydrogen (secondary N) is 1. The molecule has 0 aliphatic heterocycles. The van der Waals surface area contributed by atoms with Gasteiger partial charge in [0.2, 0.25) is 0 Å². The van der Waals surface area contributed by atoms with E-state index in [1.807, 2.05) is 13.8 Å². The molecule has 1 atom stereocenters. The summed E-state index contributed by atoms with van der Waals surface area (Å²) in [7, 11) is 0. The summed E-state index contributed by atoms with van der Waals surface area (Å²) >= 11 is -0.0667. The fraction of sp³-hybridized carbons (Fsp3) is 0.889. The zero-order chi connectivity index (χ0) is 13.6. The summed E-state index contributed by atoms with van der Waals surface area (Å²) in [6.45, 7) is 4.87. The van der Waals surface area contributed by atoms with Crippen LogP contribution in [0.2, 0.25) is 0 Å². The Bertz CT molecular complexity index is 354. The van der Waals surface area contributed by atoms with Crippen molar-refractivity contribution in [2.45, 2.75) is 38.4 Å². The molecule has 0 radical (unpaired) electrons. The highest BCUT2D eigenvalue weighted by molar-refractivity contribution is 8.00. The largest absolute Gasteiger partial charge is 0.441 e. The first-order chi connectivity index (χ1) is 8.44. The van der Waals surface area contributed by atoms with Crippen LogP contribution < -0.4 is 5.32 Å². The smallest absolute Gasteiger partial charge is 0.307 e. The van der Waals surface area contributed by atoms with Crippen molar-refractivity contribution < 1.29 is 13.2 Å². The molecule has 0 amide bonds. The lowest BCUT2D eigenvalue weighted by molar-refractivity contribution is -0.0328. The summed E-state index contributed by atoms with van der Waals surface area (Å²) in [5.74, 6) is 0.466. The molecule has 0 saturated carbocycles. The van der Waals surface area contributed by atoms with Crippen LogP contribution in [0.15, 0.2) is 0 Å². The Labute approximate surface area is 108 Å². The van der Waals surface area contributed by atoms with Crippen molar-refractivity contribution >= 4 is 11.8 Å². The van der Waals surface area contributed by atoms with Gasteiger partial charge in [0.1, 0.15) is 0 Å². The second-order valence-corrected chi connectivity index (χ2v) is 4.89. The molecule has 1 heterocycles. The summed E-state index contributed by atoms with van der Waals surface area (Å²) in [6.07, 6.45) is 0.968. The topological polar surface area (TPSA) is 55.6 Å². The minimum Gasteiger partial charge on any atom is -0.307 e. The van der Waals surface area contributed by atoms with Crippen molar-refractivity contribution in [3.63, 3.8) is 0 Å². The summed E-state index contributed by atoms with van der Waals surface area (Å²) in [5, 5.41) is 14.2. The van der Waals surface area contributed by atoms with Gasteiger partial charge in [-0.25, -0.2) is 4.68 Å². The fourth-order valence-corrected chi connectivity index (χ4v) is 1.88. The molecule has 1 rings (SSSR count). The van der Waals surface area contributed by atoms with Crippen LogP contribution in [0, 0.1) is 0 Å². The van der Waals surface area contributed by atoms with E-state index in [4.69, 9.17) is 0 Å². The van der Waals surface area contributed by atoms with Crippen LogP contribution in [0.5, 0.6) is 0 Å². The van der Waals surface area contributed by atoms with E-state index in [0.717, 1.165) is 13.0 Å². The number of hydrogen-bond acceptors (Lipinski definition) is 5. The SMILES string of the molecule is CCCNC(C)c1nnnn1CCSC(F)(F)F. The number of rotatable bonds is 7. The first-order valence-corrected chi connectivity index (χ1v) is 6.62. The molecule has 0 aliphatic carbocycles. The van der Waals surface area contributed by atoms with Gasteiger partial charge in [-0.05, 0) is 42.1 Å². The molecule has 0 aromatic carbocycles. The molecular formula is C9H16F3N5S. The van der Waals surface area contributed by atoms with Gasteiger partial charge in [-0.3, -0.25) is 0 Å². The van der Waals surface area contributed by atoms with Crippen molar-refractivity contribution in [1.29, 1.82) is 0 Å². The van der Waals surface area contributed by atoms with Gasteiger partial charge in [0.25, 0.3) is 0 Å². The maximum Gasteiger partial charge on any atom is 0.441 e. The Hall–Kier alpha value is -0.830. The number of hydrogen-bond donors (Lipinski definition) is 1. The summed E-state index contributed by atoms with van der Waals surface area (Å²) in [5.41, 5.74) is -4.21. The van der Waals surface area contributed by atoms with Crippen molar-refractivity contribution in [1.82, 2.24) is 25.5 Å². The van der Waals surface area contributed by atoms with Crippen LogP contribution in [0.25, 0.3) is 0 Å². The second kappa shape index (κ2) is 6.93. The molecule has 1 N–H and O–H groups in total. The third-order valence-electron chi connectivity index (χ3n) is 2.22. The Morgan fingerprint density at radius 2 is 2.17 bits per heavy atom. The lowest BCUT2D eigenvalue weighted by Crippen LogP contribution is -2.23. The Balaban J connectivity index is 2.49. The van der Waals surface area contributed by atoms with E-state index in [1.165, 1.54) is 4.68 Å². The molecule has 1 aromatic heterocycles. The highest BCUT2D eigenvalue weighted by atomic mass is 32.2. The van der Waals surface area contributed by atoms with E-state index < -0.39 is 5.51 Å². The Kier molecular flexibility index (Phi) is 5.86. The molecule has 18 heavy (non-hydrogen) atoms. The second-order valence-electron chi connectivity index (χ2n) is 3.73. The van der Waals surface area contributed by atoms with Gasteiger partial charge in [0.15, 0.2) is 5.82 Å². The van der Waals surface area contributed by atoms with Crippen molar-refractivity contribution in [2.75, 3.05) is 12.3 Å². The number of aromatic nitrogens is 4. The summed E-state index contributed by atoms with van der Waals surface area (Å²) in [4.78, 5) is 0. The number of halogens is 3. The van der Waals surface area contributed by atoms with Crippen LogP contribution in [-0.2, 0) is 6.54 Å². The fourth-order valence-electron chi connectivity index (χ4n) is 1.38. The number of thioether (sulfide) groups is 1. The lowest BCUT2D eigenvalue weighted by Gasteiger charge is -2.13. The molecule has 0 saturated heterocycles. The minimum absolute atomic E-state index is 0.0667. The maximum absolute atomic E-state index is 12.0. The van der Waals surface area contributed by atoms with Gasteiger partial charge < -0.3 is 5.32 Å². The zero-order valence-corrected chi connectivity index (χ0v) is 11.1. The highest BCUT2D eigenvalue weighted by Gasteiger charge is 2.27. The average Bonchev–Trinajstić information content (AvgIpc) is 2.72. The van der Waals surface area contributed by atoms with Gasteiger partial charge in [-0.2, -0.15) is 13.2 Å². The molecule has 0 aliphatic rings. The molecule has 0 fully saturated rings. The van der Waals surface area contributed by atoms with Gasteiger partial charge >= 0.3 is 5.51 Å². The first-order valence-electron chi connectivity index (χ1n) is 5.64. The monoisotopic (exact) mass is 283 g/mol. The summed E-state index contributed by atoms with van der Waals surface area (Å²) < 4.78 is 37.4. The maximum atomic E-state index is 12.0. The molecule has 9 heteroatoms. The van der Waals surface area contributed by atoms with Crippen LogP contribution >= 0.6 is 11.8 Å². The predicted molar refractivity (Wildman–Crippen MR) is 63.0 cm³/mol. The van der Waals surface area contributed by atoms with Crippen LogP contribution in [-0.4, -0.2) is 38.0 Å². The number of alkyl halides is 3. The third kappa shape index (κ3) is 5.21. The van der Waals surface area contributed by atoms with E-state index in [1.54, 1.807) is 0 Å². The minimum atomic E-state index is -4.21. The van der Waals surface area contributed by atoms with Gasteiger partial charge in [-0.1, -0.05) is 6.92 Å².